The Morgan fingerprint density at radius 3 is 2.91 bits per heavy atom. The number of nitrogens with one attached hydrogen (secondary N) is 1. The summed E-state index contributed by atoms with van der Waals surface area (Å²) in [6.07, 6.45) is 3.30. The maximum absolute atomic E-state index is 13.2. The molecule has 1 fully saturated rings. The Labute approximate surface area is 134 Å². The summed E-state index contributed by atoms with van der Waals surface area (Å²) in [5.41, 5.74) is 0. The number of nitrogens with zero attached hydrogens (tertiary/aromatic N) is 3. The van der Waals surface area contributed by atoms with E-state index in [0.29, 0.717) is 29.6 Å². The zero-order chi connectivity index (χ0) is 15.5. The van der Waals surface area contributed by atoms with Gasteiger partial charge in [0.25, 0.3) is 5.91 Å². The zero-order valence-corrected chi connectivity index (χ0v) is 13.2. The van der Waals surface area contributed by atoms with Crippen LogP contribution in [-0.2, 0) is 0 Å². The van der Waals surface area contributed by atoms with Crippen molar-refractivity contribution >= 4 is 27.7 Å². The number of carbonyl (C=O) groups excluding carboxylic acids is 1. The summed E-state index contributed by atoms with van der Waals surface area (Å²) in [7, 11) is 0. The molecule has 0 atom stereocenters. The van der Waals surface area contributed by atoms with Crippen molar-refractivity contribution in [2.24, 2.45) is 0 Å². The van der Waals surface area contributed by atoms with Gasteiger partial charge in [0.1, 0.15) is 12.1 Å². The fourth-order valence-corrected chi connectivity index (χ4v) is 2.47. The lowest BCUT2D eigenvalue weighted by Gasteiger charge is -2.23. The van der Waals surface area contributed by atoms with Gasteiger partial charge in [-0.25, -0.2) is 9.97 Å². The van der Waals surface area contributed by atoms with E-state index in [4.69, 9.17) is 4.42 Å². The van der Waals surface area contributed by atoms with Crippen molar-refractivity contribution in [3.05, 3.63) is 40.9 Å². The average molecular weight is 369 g/mol. The van der Waals surface area contributed by atoms with Gasteiger partial charge in [0, 0.05) is 25.2 Å². The van der Waals surface area contributed by atoms with Crippen molar-refractivity contribution in [1.82, 2.24) is 15.3 Å². The van der Waals surface area contributed by atoms with E-state index < -0.39 is 5.95 Å². The van der Waals surface area contributed by atoms with Gasteiger partial charge in [-0.3, -0.25) is 4.79 Å². The summed E-state index contributed by atoms with van der Waals surface area (Å²) in [6, 6.07) is 4.92. The molecule has 1 amide bonds. The second-order valence-electron chi connectivity index (χ2n) is 4.98. The molecule has 0 radical (unpaired) electrons. The Morgan fingerprint density at radius 2 is 2.27 bits per heavy atom. The maximum atomic E-state index is 13.2. The molecule has 0 aliphatic heterocycles. The minimum atomic E-state index is -0.555. The highest BCUT2D eigenvalue weighted by Gasteiger charge is 2.30. The molecule has 8 heteroatoms. The highest BCUT2D eigenvalue weighted by molar-refractivity contribution is 9.10. The summed E-state index contributed by atoms with van der Waals surface area (Å²) in [5.74, 6) is -0.0432. The summed E-state index contributed by atoms with van der Waals surface area (Å²) in [5, 5.41) is 2.78. The Bertz CT molecular complexity index is 674. The van der Waals surface area contributed by atoms with E-state index in [1.165, 1.54) is 12.4 Å². The summed E-state index contributed by atoms with van der Waals surface area (Å²) in [4.78, 5) is 21.4. The van der Waals surface area contributed by atoms with Crippen LogP contribution in [0.15, 0.2) is 33.6 Å². The van der Waals surface area contributed by atoms with E-state index >= 15 is 0 Å². The van der Waals surface area contributed by atoms with E-state index in [1.54, 1.807) is 12.1 Å². The molecular formula is C14H14BrFN4O2. The Kier molecular flexibility index (Phi) is 4.37. The van der Waals surface area contributed by atoms with Crippen molar-refractivity contribution < 1.29 is 13.6 Å². The summed E-state index contributed by atoms with van der Waals surface area (Å²) < 4.78 is 18.9. The highest BCUT2D eigenvalue weighted by Crippen LogP contribution is 2.30. The van der Waals surface area contributed by atoms with Crippen molar-refractivity contribution in [3.63, 3.8) is 0 Å². The van der Waals surface area contributed by atoms with Crippen LogP contribution in [0.25, 0.3) is 0 Å². The largest absolute Gasteiger partial charge is 0.444 e. The number of halogens is 2. The first kappa shape index (κ1) is 15.0. The third-order valence-electron chi connectivity index (χ3n) is 3.34. The van der Waals surface area contributed by atoms with Gasteiger partial charge in [-0.05, 0) is 40.9 Å². The van der Waals surface area contributed by atoms with Crippen LogP contribution < -0.4 is 10.2 Å². The number of amides is 1. The van der Waals surface area contributed by atoms with Gasteiger partial charge in [0.15, 0.2) is 10.4 Å². The summed E-state index contributed by atoms with van der Waals surface area (Å²) in [6.45, 7) is 0.966. The molecule has 1 aliphatic rings. The Hall–Kier alpha value is -1.96. The lowest BCUT2D eigenvalue weighted by Crippen LogP contribution is -2.36. The fraction of sp³-hybridized carbons (Fsp3) is 0.357. The predicted octanol–water partition coefficient (Wildman–Crippen LogP) is 2.37. The molecule has 116 valence electrons. The first-order chi connectivity index (χ1) is 10.6. The first-order valence-corrected chi connectivity index (χ1v) is 7.70. The van der Waals surface area contributed by atoms with E-state index in [-0.39, 0.29) is 11.7 Å². The van der Waals surface area contributed by atoms with Gasteiger partial charge in [0.2, 0.25) is 5.95 Å². The molecule has 0 unspecified atom stereocenters. The standard InChI is InChI=1S/C14H14BrFN4O2/c15-11-4-3-10(22-11)14(21)17-5-6-20(9-1-2-9)13-7-12(16)18-8-19-13/h3-4,7-9H,1-2,5-6H2,(H,17,21). The van der Waals surface area contributed by atoms with Crippen molar-refractivity contribution in [1.29, 1.82) is 0 Å². The maximum Gasteiger partial charge on any atom is 0.287 e. The monoisotopic (exact) mass is 368 g/mol. The molecule has 0 bridgehead atoms. The fourth-order valence-electron chi connectivity index (χ4n) is 2.17. The molecule has 1 saturated carbocycles. The highest BCUT2D eigenvalue weighted by atomic mass is 79.9. The zero-order valence-electron chi connectivity index (χ0n) is 11.6. The van der Waals surface area contributed by atoms with Gasteiger partial charge in [0.05, 0.1) is 0 Å². The average Bonchev–Trinajstić information content (AvgIpc) is 3.24. The quantitative estimate of drug-likeness (QED) is 0.792. The molecule has 3 rings (SSSR count). The number of carbonyl (C=O) groups is 1. The Morgan fingerprint density at radius 1 is 1.45 bits per heavy atom. The van der Waals surface area contributed by atoms with Crippen LogP contribution in [0, 0.1) is 5.95 Å². The number of furan rings is 1. The van der Waals surface area contributed by atoms with Crippen molar-refractivity contribution in [2.45, 2.75) is 18.9 Å². The molecule has 6 nitrogen and oxygen atoms in total. The minimum Gasteiger partial charge on any atom is -0.444 e. The Balaban J connectivity index is 1.57. The second-order valence-corrected chi connectivity index (χ2v) is 5.76. The first-order valence-electron chi connectivity index (χ1n) is 6.91. The second kappa shape index (κ2) is 6.43. The van der Waals surface area contributed by atoms with Gasteiger partial charge in [-0.15, -0.1) is 0 Å². The smallest absolute Gasteiger partial charge is 0.287 e. The molecule has 1 aliphatic carbocycles. The molecule has 1 N–H and O–H groups in total. The van der Waals surface area contributed by atoms with Crippen LogP contribution in [0.3, 0.4) is 0 Å². The van der Waals surface area contributed by atoms with Gasteiger partial charge < -0.3 is 14.6 Å². The van der Waals surface area contributed by atoms with Crippen LogP contribution in [-0.4, -0.2) is 35.0 Å². The van der Waals surface area contributed by atoms with Gasteiger partial charge in [-0.1, -0.05) is 0 Å². The van der Waals surface area contributed by atoms with Crippen molar-refractivity contribution in [3.8, 4) is 0 Å². The van der Waals surface area contributed by atoms with Gasteiger partial charge in [-0.2, -0.15) is 4.39 Å². The third kappa shape index (κ3) is 3.62. The molecule has 2 aromatic heterocycles. The van der Waals surface area contributed by atoms with Crippen LogP contribution in [0.2, 0.25) is 0 Å². The van der Waals surface area contributed by atoms with E-state index in [2.05, 4.69) is 31.2 Å². The molecule has 0 spiro atoms. The number of hydrogen-bond acceptors (Lipinski definition) is 5. The van der Waals surface area contributed by atoms with Crippen LogP contribution >= 0.6 is 15.9 Å². The number of rotatable bonds is 6. The van der Waals surface area contributed by atoms with E-state index in [0.717, 1.165) is 12.8 Å². The van der Waals surface area contributed by atoms with Crippen LogP contribution in [0.5, 0.6) is 0 Å². The molecule has 22 heavy (non-hydrogen) atoms. The number of aromatic nitrogens is 2. The lowest BCUT2D eigenvalue weighted by atomic mass is 10.4. The normalized spacial score (nSPS) is 13.9. The molecule has 0 aromatic carbocycles. The lowest BCUT2D eigenvalue weighted by molar-refractivity contribution is 0.0925. The molecular weight excluding hydrogens is 355 g/mol. The van der Waals surface area contributed by atoms with Crippen molar-refractivity contribution in [2.75, 3.05) is 18.0 Å². The van der Waals surface area contributed by atoms with E-state index in [1.807, 2.05) is 4.90 Å². The van der Waals surface area contributed by atoms with Crippen LogP contribution in [0.1, 0.15) is 23.4 Å². The topological polar surface area (TPSA) is 71.3 Å². The number of anilines is 1. The molecule has 0 saturated heterocycles. The van der Waals surface area contributed by atoms with Crippen LogP contribution in [0.4, 0.5) is 10.2 Å². The SMILES string of the molecule is O=C(NCCN(c1cc(F)ncn1)C1CC1)c1ccc(Br)o1. The third-order valence-corrected chi connectivity index (χ3v) is 3.76. The predicted molar refractivity (Wildman–Crippen MR) is 81.1 cm³/mol. The number of hydrogen-bond donors (Lipinski definition) is 1. The van der Waals surface area contributed by atoms with E-state index in [9.17, 15) is 9.18 Å². The molecule has 2 aromatic rings. The van der Waals surface area contributed by atoms with Gasteiger partial charge >= 0.3 is 0 Å². The summed E-state index contributed by atoms with van der Waals surface area (Å²) >= 11 is 3.15. The minimum absolute atomic E-state index is 0.248. The molecule has 2 heterocycles.